The van der Waals surface area contributed by atoms with Gasteiger partial charge in [-0.3, -0.25) is 0 Å². The molecule has 0 unspecified atom stereocenters. The van der Waals surface area contributed by atoms with E-state index in [1.165, 1.54) is 0 Å². The van der Waals surface area contributed by atoms with E-state index < -0.39 is 0 Å². The van der Waals surface area contributed by atoms with E-state index >= 15 is 0 Å². The Morgan fingerprint density at radius 3 is 1.33 bits per heavy atom. The van der Waals surface area contributed by atoms with Gasteiger partial charge in [-0.05, 0) is 48.5 Å². The molecule has 0 amide bonds. The third-order valence-corrected chi connectivity index (χ3v) is 2.61. The smallest absolute Gasteiger partial charge is 0.119 e. The maximum Gasteiger partial charge on any atom is 0.119 e. The van der Waals surface area contributed by atoms with Gasteiger partial charge < -0.3 is 9.47 Å². The Bertz CT molecular complexity index is 446. The summed E-state index contributed by atoms with van der Waals surface area (Å²) in [6, 6.07) is 13.9. The van der Waals surface area contributed by atoms with Crippen LogP contribution >= 0.6 is 0 Å². The van der Waals surface area contributed by atoms with Crippen molar-refractivity contribution in [3.05, 3.63) is 48.5 Å². The number of hydrogen-bond donors (Lipinski definition) is 0. The van der Waals surface area contributed by atoms with Crippen LogP contribution in [0.1, 0.15) is 0 Å². The van der Waals surface area contributed by atoms with E-state index in [2.05, 4.69) is 0 Å². The molecule has 2 aromatic carbocycles. The highest BCUT2D eigenvalue weighted by Crippen LogP contribution is 2.27. The van der Waals surface area contributed by atoms with Crippen LogP contribution in [0.3, 0.4) is 0 Å². The Labute approximate surface area is 106 Å². The summed E-state index contributed by atoms with van der Waals surface area (Å²) in [7, 11) is 3.18. The molecule has 1 radical (unpaired) electrons. The minimum Gasteiger partial charge on any atom is -0.497 e. The Morgan fingerprint density at radius 2 is 1.06 bits per heavy atom. The average Bonchev–Trinajstić information content (AvgIpc) is 2.47. The third kappa shape index (κ3) is 2.55. The largest absolute Gasteiger partial charge is 0.497 e. The molecule has 18 heavy (non-hydrogen) atoms. The van der Waals surface area contributed by atoms with Crippen molar-refractivity contribution in [1.82, 2.24) is 0 Å². The van der Waals surface area contributed by atoms with Crippen LogP contribution in [-0.4, -0.2) is 14.2 Å². The molecule has 0 fully saturated rings. The van der Waals surface area contributed by atoms with Gasteiger partial charge in [-0.15, -0.1) is 0 Å². The molecule has 0 N–H and O–H groups in total. The lowest BCUT2D eigenvalue weighted by atomic mass is 10.2. The first-order valence-electron chi connectivity index (χ1n) is 5.50. The van der Waals surface area contributed by atoms with Crippen LogP contribution in [0.15, 0.2) is 48.5 Å². The van der Waals surface area contributed by atoms with Crippen molar-refractivity contribution in [2.24, 2.45) is 0 Å². The molecule has 0 bridgehead atoms. The quantitative estimate of drug-likeness (QED) is 0.775. The SMILES string of the molecule is COc1ccc(N([O])c2ccc(OC)cc2)cc1. The van der Waals surface area contributed by atoms with Gasteiger partial charge in [0.25, 0.3) is 0 Å². The second kappa shape index (κ2) is 5.42. The van der Waals surface area contributed by atoms with E-state index in [0.29, 0.717) is 11.4 Å². The molecule has 0 spiro atoms. The highest BCUT2D eigenvalue weighted by molar-refractivity contribution is 5.61. The molecule has 0 aliphatic heterocycles. The van der Waals surface area contributed by atoms with Crippen LogP contribution in [0.5, 0.6) is 11.5 Å². The Balaban J connectivity index is 2.20. The Hall–Kier alpha value is -2.20. The van der Waals surface area contributed by atoms with Crippen molar-refractivity contribution in [3.63, 3.8) is 0 Å². The van der Waals surface area contributed by atoms with E-state index in [1.54, 1.807) is 62.8 Å². The van der Waals surface area contributed by atoms with Gasteiger partial charge in [0.1, 0.15) is 11.5 Å². The maximum atomic E-state index is 12.1. The van der Waals surface area contributed by atoms with Crippen LogP contribution in [0.2, 0.25) is 0 Å². The van der Waals surface area contributed by atoms with Crippen LogP contribution in [0.25, 0.3) is 0 Å². The van der Waals surface area contributed by atoms with Crippen molar-refractivity contribution in [1.29, 1.82) is 0 Å². The predicted octanol–water partition coefficient (Wildman–Crippen LogP) is 3.19. The summed E-state index contributed by atoms with van der Waals surface area (Å²) in [5.41, 5.74) is 1.11. The second-order valence-electron chi connectivity index (χ2n) is 3.69. The molecule has 93 valence electrons. The summed E-state index contributed by atoms with van der Waals surface area (Å²) >= 11 is 0. The van der Waals surface area contributed by atoms with Crippen LogP contribution in [-0.2, 0) is 5.21 Å². The Morgan fingerprint density at radius 1 is 0.722 bits per heavy atom. The molecule has 0 aromatic heterocycles. The number of nitrogens with zero attached hydrogens (tertiary/aromatic N) is 1. The minimum absolute atomic E-state index is 0.556. The van der Waals surface area contributed by atoms with Gasteiger partial charge in [0, 0.05) is 0 Å². The molecule has 0 aliphatic carbocycles. The number of rotatable bonds is 4. The number of methoxy groups -OCH3 is 2. The van der Waals surface area contributed by atoms with E-state index in [0.717, 1.165) is 16.6 Å². The molecule has 0 heterocycles. The molecule has 0 atom stereocenters. The number of anilines is 2. The topological polar surface area (TPSA) is 41.6 Å². The number of benzene rings is 2. The summed E-state index contributed by atoms with van der Waals surface area (Å²) in [4.78, 5) is 0. The van der Waals surface area contributed by atoms with E-state index in [9.17, 15) is 5.21 Å². The van der Waals surface area contributed by atoms with Crippen molar-refractivity contribution in [2.45, 2.75) is 0 Å². The van der Waals surface area contributed by atoms with Crippen molar-refractivity contribution in [3.8, 4) is 11.5 Å². The van der Waals surface area contributed by atoms with Crippen LogP contribution in [0, 0.1) is 0 Å². The van der Waals surface area contributed by atoms with Gasteiger partial charge in [0.05, 0.1) is 25.6 Å². The average molecular weight is 244 g/mol. The van der Waals surface area contributed by atoms with Crippen LogP contribution in [0.4, 0.5) is 11.4 Å². The molecule has 4 nitrogen and oxygen atoms in total. The first-order chi connectivity index (χ1) is 8.74. The third-order valence-electron chi connectivity index (χ3n) is 2.61. The zero-order valence-electron chi connectivity index (χ0n) is 10.3. The molecule has 0 aliphatic rings. The van der Waals surface area contributed by atoms with Crippen molar-refractivity contribution in [2.75, 3.05) is 19.3 Å². The highest BCUT2D eigenvalue weighted by Gasteiger charge is 2.08. The molecular formula is C14H14NO3. The minimum atomic E-state index is 0.556. The summed E-state index contributed by atoms with van der Waals surface area (Å²) in [6.45, 7) is 0. The van der Waals surface area contributed by atoms with Gasteiger partial charge in [-0.25, -0.2) is 0 Å². The van der Waals surface area contributed by atoms with Gasteiger partial charge in [0.15, 0.2) is 0 Å². The molecule has 0 saturated heterocycles. The lowest BCUT2D eigenvalue weighted by Crippen LogP contribution is -2.07. The molecule has 2 aromatic rings. The molecule has 0 saturated carbocycles. The zero-order valence-corrected chi connectivity index (χ0v) is 10.3. The van der Waals surface area contributed by atoms with Crippen LogP contribution < -0.4 is 14.5 Å². The van der Waals surface area contributed by atoms with Gasteiger partial charge in [0.2, 0.25) is 0 Å². The normalized spacial score (nSPS) is 9.94. The first-order valence-corrected chi connectivity index (χ1v) is 5.50. The predicted molar refractivity (Wildman–Crippen MR) is 68.8 cm³/mol. The number of hydrogen-bond acceptors (Lipinski definition) is 3. The maximum absolute atomic E-state index is 12.1. The summed E-state index contributed by atoms with van der Waals surface area (Å²) in [6.07, 6.45) is 0. The lowest BCUT2D eigenvalue weighted by Gasteiger charge is -2.14. The van der Waals surface area contributed by atoms with Crippen molar-refractivity contribution >= 4 is 11.4 Å². The summed E-state index contributed by atoms with van der Waals surface area (Å²) in [5, 5.41) is 12.9. The fourth-order valence-corrected chi connectivity index (χ4v) is 1.58. The fourth-order valence-electron chi connectivity index (χ4n) is 1.58. The summed E-state index contributed by atoms with van der Waals surface area (Å²) < 4.78 is 10.1. The van der Waals surface area contributed by atoms with Crippen molar-refractivity contribution < 1.29 is 14.7 Å². The Kier molecular flexibility index (Phi) is 3.69. The molecular weight excluding hydrogens is 230 g/mol. The monoisotopic (exact) mass is 244 g/mol. The van der Waals surface area contributed by atoms with E-state index in [1.807, 2.05) is 0 Å². The highest BCUT2D eigenvalue weighted by atomic mass is 16.5. The zero-order chi connectivity index (χ0) is 13.0. The van der Waals surface area contributed by atoms with E-state index in [-0.39, 0.29) is 0 Å². The van der Waals surface area contributed by atoms with E-state index in [4.69, 9.17) is 9.47 Å². The molecule has 4 heteroatoms. The first kappa shape index (κ1) is 12.3. The fraction of sp³-hybridized carbons (Fsp3) is 0.143. The van der Waals surface area contributed by atoms with Gasteiger partial charge >= 0.3 is 0 Å². The second-order valence-corrected chi connectivity index (χ2v) is 3.69. The van der Waals surface area contributed by atoms with Gasteiger partial charge in [-0.1, -0.05) is 5.21 Å². The standard InChI is InChI=1S/C14H14NO3/c1-17-13-7-3-11(4-8-13)15(16)12-5-9-14(18-2)10-6-12/h3-10H,1-2H3. The number of ether oxygens (including phenoxy) is 2. The summed E-state index contributed by atoms with van der Waals surface area (Å²) in [5.74, 6) is 1.45. The lowest BCUT2D eigenvalue weighted by molar-refractivity contribution is 0.196. The molecule has 2 rings (SSSR count). The van der Waals surface area contributed by atoms with Gasteiger partial charge in [-0.2, -0.15) is 5.06 Å².